The molecule has 0 aliphatic carbocycles. The second-order valence-corrected chi connectivity index (χ2v) is 10.1. The van der Waals surface area contributed by atoms with Crippen molar-refractivity contribution in [2.75, 3.05) is 0 Å². The average molecular weight is 616 g/mol. The van der Waals surface area contributed by atoms with E-state index in [-0.39, 0.29) is 0 Å². The van der Waals surface area contributed by atoms with E-state index in [1.54, 1.807) is 0 Å². The summed E-state index contributed by atoms with van der Waals surface area (Å²) in [6.07, 6.45) is 23.3. The maximum Gasteiger partial charge on any atom is 0.673 e. The van der Waals surface area contributed by atoms with Gasteiger partial charge < -0.3 is 38.9 Å². The molecule has 4 aromatic rings. The highest BCUT2D eigenvalue weighted by Gasteiger charge is 2.21. The van der Waals surface area contributed by atoms with Crippen LogP contribution in [-0.2, 0) is 13.1 Å². The molecule has 4 rings (SSSR count). The van der Waals surface area contributed by atoms with Crippen molar-refractivity contribution in [2.45, 2.75) is 78.3 Å². The van der Waals surface area contributed by atoms with Crippen LogP contribution < -0.4 is 9.13 Å². The van der Waals surface area contributed by atoms with Crippen LogP contribution in [0.2, 0.25) is 0 Å². The van der Waals surface area contributed by atoms with Gasteiger partial charge >= 0.3 is 14.5 Å². The van der Waals surface area contributed by atoms with Crippen molar-refractivity contribution in [3.05, 3.63) is 73.6 Å². The third-order valence-electron chi connectivity index (χ3n) is 6.41. The summed E-state index contributed by atoms with van der Waals surface area (Å²) in [5, 5.41) is 0. The summed E-state index contributed by atoms with van der Waals surface area (Å²) in [5.41, 5.74) is 5.60. The molecule has 0 amide bonds. The van der Waals surface area contributed by atoms with Gasteiger partial charge in [-0.05, 0) is 36.1 Å². The van der Waals surface area contributed by atoms with E-state index in [2.05, 4.69) is 101 Å². The fourth-order valence-corrected chi connectivity index (χ4v) is 4.32. The Morgan fingerprint density at radius 1 is 0.605 bits per heavy atom. The van der Waals surface area contributed by atoms with E-state index >= 15 is 0 Å². The maximum absolute atomic E-state index is 9.75. The number of rotatable bonds is 12. The summed E-state index contributed by atoms with van der Waals surface area (Å²) in [6, 6.07) is 13.1. The second kappa shape index (κ2) is 17.6. The number of pyridine rings is 3. The first-order chi connectivity index (χ1) is 20.3. The molecule has 0 aliphatic rings. The summed E-state index contributed by atoms with van der Waals surface area (Å²) in [5.74, 6) is 0. The van der Waals surface area contributed by atoms with Crippen molar-refractivity contribution in [1.82, 2.24) is 9.38 Å². The van der Waals surface area contributed by atoms with Crippen LogP contribution in [0.5, 0.6) is 0 Å². The van der Waals surface area contributed by atoms with Crippen LogP contribution in [0, 0.1) is 0 Å². The van der Waals surface area contributed by atoms with Crippen LogP contribution in [0.15, 0.2) is 73.6 Å². The van der Waals surface area contributed by atoms with Gasteiger partial charge in [-0.1, -0.05) is 39.5 Å². The van der Waals surface area contributed by atoms with Crippen LogP contribution in [0.1, 0.15) is 65.2 Å². The van der Waals surface area contributed by atoms with E-state index in [1.165, 1.54) is 62.5 Å². The lowest BCUT2D eigenvalue weighted by molar-refractivity contribution is -0.697. The van der Waals surface area contributed by atoms with Crippen LogP contribution in [-0.4, -0.2) is 23.9 Å². The summed E-state index contributed by atoms with van der Waals surface area (Å²) < 4.78 is 84.7. The minimum atomic E-state index is -6.00. The molecule has 0 aliphatic heterocycles. The van der Waals surface area contributed by atoms with Crippen LogP contribution in [0.25, 0.3) is 28.0 Å². The lowest BCUT2D eigenvalue weighted by Gasteiger charge is -2.02. The highest BCUT2D eigenvalue weighted by molar-refractivity contribution is 6.50. The Kier molecular flexibility index (Phi) is 14.7. The molecule has 14 heteroatoms. The molecular weight excluding hydrogens is 578 g/mol. The van der Waals surface area contributed by atoms with Gasteiger partial charge in [-0.15, -0.1) is 0 Å². The summed E-state index contributed by atoms with van der Waals surface area (Å²) >= 11 is 0. The van der Waals surface area contributed by atoms with Crippen molar-refractivity contribution >= 4 is 20.2 Å². The van der Waals surface area contributed by atoms with Gasteiger partial charge in [0.05, 0.1) is 5.69 Å². The number of aromatic nitrogens is 4. The third kappa shape index (κ3) is 15.6. The number of imidazole rings is 1. The predicted molar refractivity (Wildman–Crippen MR) is 155 cm³/mol. The number of nitrogens with zero attached hydrogens (tertiary/aromatic N) is 4. The fourth-order valence-electron chi connectivity index (χ4n) is 4.32. The zero-order valence-corrected chi connectivity index (χ0v) is 24.5. The summed E-state index contributed by atoms with van der Waals surface area (Å²) in [7, 11) is -12.0. The van der Waals surface area contributed by atoms with E-state index in [0.717, 1.165) is 30.0 Å². The van der Waals surface area contributed by atoms with Gasteiger partial charge in [0.2, 0.25) is 0 Å². The first-order valence-electron chi connectivity index (χ1n) is 14.5. The highest BCUT2D eigenvalue weighted by atomic mass is 19.5. The molecule has 0 saturated carbocycles. The maximum atomic E-state index is 9.75. The molecule has 0 unspecified atom stereocenters. The van der Waals surface area contributed by atoms with Gasteiger partial charge in [0.1, 0.15) is 18.7 Å². The Morgan fingerprint density at radius 2 is 1.05 bits per heavy atom. The quantitative estimate of drug-likeness (QED) is 0.0675. The predicted octanol–water partition coefficient (Wildman–Crippen LogP) is 9.00. The van der Waals surface area contributed by atoms with E-state index in [1.807, 2.05) is 0 Å². The van der Waals surface area contributed by atoms with Gasteiger partial charge in [-0.2, -0.15) is 0 Å². The Hall–Kier alpha value is -3.44. The molecule has 4 heterocycles. The number of aryl methyl sites for hydroxylation is 2. The molecular formula is C29H38B2F8N4. The molecule has 0 fully saturated rings. The average Bonchev–Trinajstić information content (AvgIpc) is 3.36. The van der Waals surface area contributed by atoms with Crippen LogP contribution in [0.3, 0.4) is 0 Å². The van der Waals surface area contributed by atoms with Crippen molar-refractivity contribution in [3.63, 3.8) is 0 Å². The van der Waals surface area contributed by atoms with Crippen molar-refractivity contribution in [3.8, 4) is 22.4 Å². The number of hydrogen-bond donors (Lipinski definition) is 0. The molecule has 236 valence electrons. The van der Waals surface area contributed by atoms with Crippen molar-refractivity contribution in [1.29, 1.82) is 0 Å². The topological polar surface area (TPSA) is 25.1 Å². The fraction of sp³-hybridized carbons (Fsp3) is 0.414. The van der Waals surface area contributed by atoms with Crippen LogP contribution in [0.4, 0.5) is 34.5 Å². The standard InChI is InChI=1S/C29H38N4.2BF4/c1-3-5-7-9-16-31-18-11-25(12-19-31)27-15-22-33-24-28(30-29(33)23-27)26-13-20-32(21-14-26)17-10-8-6-4-2;2*2-1(3,4)5/h11-15,18-24H,3-10,16-17H2,1-2H3;;/q+2;2*-1. The molecule has 0 saturated heterocycles. The molecule has 0 atom stereocenters. The Labute approximate surface area is 247 Å². The molecule has 4 nitrogen and oxygen atoms in total. The monoisotopic (exact) mass is 616 g/mol. The number of fused-ring (bicyclic) bond motifs is 1. The largest absolute Gasteiger partial charge is 0.673 e. The van der Waals surface area contributed by atoms with Gasteiger partial charge in [0.15, 0.2) is 24.8 Å². The number of unbranched alkanes of at least 4 members (excludes halogenated alkanes) is 6. The third-order valence-corrected chi connectivity index (χ3v) is 6.41. The second-order valence-electron chi connectivity index (χ2n) is 10.1. The zero-order valence-electron chi connectivity index (χ0n) is 24.5. The highest BCUT2D eigenvalue weighted by Crippen LogP contribution is 2.23. The summed E-state index contributed by atoms with van der Waals surface area (Å²) in [4.78, 5) is 4.91. The molecule has 0 radical (unpaired) electrons. The first kappa shape index (κ1) is 35.8. The summed E-state index contributed by atoms with van der Waals surface area (Å²) in [6.45, 7) is 6.70. The Morgan fingerprint density at radius 3 is 1.49 bits per heavy atom. The molecule has 0 bridgehead atoms. The van der Waals surface area contributed by atoms with E-state index in [9.17, 15) is 34.5 Å². The molecule has 43 heavy (non-hydrogen) atoms. The van der Waals surface area contributed by atoms with Gasteiger partial charge in [-0.25, -0.2) is 14.1 Å². The minimum Gasteiger partial charge on any atom is -0.418 e. The lowest BCUT2D eigenvalue weighted by atomic mass is 10.1. The van der Waals surface area contributed by atoms with Crippen molar-refractivity contribution in [2.24, 2.45) is 0 Å². The van der Waals surface area contributed by atoms with Crippen LogP contribution >= 0.6 is 0 Å². The first-order valence-corrected chi connectivity index (χ1v) is 14.5. The Balaban J connectivity index is 0.000000559. The SMILES string of the molecule is CCCCCC[n+]1ccc(-c2ccn3cc(-c4cc[n+](CCCCCC)cc4)nc3c2)cc1.F[B-](F)(F)F.F[B-](F)(F)F. The Bertz CT molecular complexity index is 1260. The smallest absolute Gasteiger partial charge is 0.418 e. The molecule has 0 N–H and O–H groups in total. The molecule has 4 aromatic heterocycles. The minimum absolute atomic E-state index is 0.982. The number of hydrogen-bond acceptors (Lipinski definition) is 1. The molecule has 0 spiro atoms. The van der Waals surface area contributed by atoms with Crippen molar-refractivity contribution < 1.29 is 43.7 Å². The van der Waals surface area contributed by atoms with E-state index < -0.39 is 14.5 Å². The van der Waals surface area contributed by atoms with E-state index in [0.29, 0.717) is 0 Å². The molecule has 0 aromatic carbocycles. The zero-order chi connectivity index (χ0) is 31.9. The lowest BCUT2D eigenvalue weighted by Crippen LogP contribution is -2.32. The van der Waals surface area contributed by atoms with Gasteiger partial charge in [0.25, 0.3) is 0 Å². The van der Waals surface area contributed by atoms with Gasteiger partial charge in [0, 0.05) is 55.1 Å². The van der Waals surface area contributed by atoms with E-state index in [4.69, 9.17) is 4.98 Å². The normalized spacial score (nSPS) is 11.5. The number of halogens is 8. The van der Waals surface area contributed by atoms with Gasteiger partial charge in [-0.3, -0.25) is 0 Å².